The van der Waals surface area contributed by atoms with Gasteiger partial charge in [-0.15, -0.1) is 35.3 Å². The van der Waals surface area contributed by atoms with Crippen LogP contribution in [0.1, 0.15) is 23.9 Å². The number of halogens is 4. The number of alkyl halides is 3. The average Bonchev–Trinajstić information content (AvgIpc) is 2.70. The lowest BCUT2D eigenvalue weighted by Crippen LogP contribution is -2.38. The van der Waals surface area contributed by atoms with E-state index in [1.165, 1.54) is 11.3 Å². The molecule has 4 nitrogen and oxygen atoms in total. The van der Waals surface area contributed by atoms with Crippen molar-refractivity contribution >= 4 is 41.3 Å². The molecule has 0 bridgehead atoms. The highest BCUT2D eigenvalue weighted by atomic mass is 127. The standard InChI is InChI=1S/C11H17F3N4S.HI/c1-3-15-10(16-5-4-11(12,13)14)17-6-9-8(2)18-7-19-9;/h7H,3-6H2,1-2H3,(H2,15,16,17);1H. The van der Waals surface area contributed by atoms with Crippen LogP contribution in [0.4, 0.5) is 13.2 Å². The molecule has 0 atom stereocenters. The normalized spacial score (nSPS) is 11.9. The zero-order valence-corrected chi connectivity index (χ0v) is 14.4. The Morgan fingerprint density at radius 1 is 1.40 bits per heavy atom. The number of nitrogens with one attached hydrogen (secondary N) is 2. The summed E-state index contributed by atoms with van der Waals surface area (Å²) in [6.45, 7) is 4.57. The van der Waals surface area contributed by atoms with Gasteiger partial charge in [-0.2, -0.15) is 13.2 Å². The van der Waals surface area contributed by atoms with E-state index < -0.39 is 12.6 Å². The van der Waals surface area contributed by atoms with Crippen LogP contribution in [-0.2, 0) is 6.54 Å². The maximum absolute atomic E-state index is 12.0. The van der Waals surface area contributed by atoms with Gasteiger partial charge in [-0.05, 0) is 13.8 Å². The molecule has 0 aliphatic carbocycles. The van der Waals surface area contributed by atoms with Crippen LogP contribution in [0.25, 0.3) is 0 Å². The predicted molar refractivity (Wildman–Crippen MR) is 85.8 cm³/mol. The first-order chi connectivity index (χ1) is 8.92. The number of hydrogen-bond acceptors (Lipinski definition) is 3. The molecule has 116 valence electrons. The number of guanidine groups is 1. The number of aromatic nitrogens is 1. The van der Waals surface area contributed by atoms with Crippen LogP contribution in [-0.4, -0.2) is 30.2 Å². The fourth-order valence-corrected chi connectivity index (χ4v) is 1.99. The highest BCUT2D eigenvalue weighted by molar-refractivity contribution is 14.0. The second kappa shape index (κ2) is 9.37. The van der Waals surface area contributed by atoms with Gasteiger partial charge in [0, 0.05) is 18.0 Å². The molecular formula is C11H18F3IN4S. The molecule has 1 heterocycles. The lowest BCUT2D eigenvalue weighted by atomic mass is 10.4. The van der Waals surface area contributed by atoms with Gasteiger partial charge < -0.3 is 10.6 Å². The minimum atomic E-state index is -4.15. The fourth-order valence-electron chi connectivity index (χ4n) is 1.29. The van der Waals surface area contributed by atoms with Crippen molar-refractivity contribution in [2.75, 3.05) is 13.1 Å². The van der Waals surface area contributed by atoms with E-state index in [0.717, 1.165) is 10.6 Å². The summed E-state index contributed by atoms with van der Waals surface area (Å²) in [6, 6.07) is 0. The minimum Gasteiger partial charge on any atom is -0.357 e. The van der Waals surface area contributed by atoms with Crippen molar-refractivity contribution in [1.82, 2.24) is 15.6 Å². The summed E-state index contributed by atoms with van der Waals surface area (Å²) in [5.41, 5.74) is 2.63. The SMILES string of the molecule is CCNC(=NCc1scnc1C)NCCC(F)(F)F.I. The Kier molecular flexibility index (Phi) is 9.10. The van der Waals surface area contributed by atoms with Gasteiger partial charge in [-0.3, -0.25) is 0 Å². The molecule has 0 fully saturated rings. The zero-order valence-electron chi connectivity index (χ0n) is 11.3. The first-order valence-corrected chi connectivity index (χ1v) is 6.78. The molecule has 0 aliphatic rings. The van der Waals surface area contributed by atoms with Crippen LogP contribution in [0.15, 0.2) is 10.5 Å². The Morgan fingerprint density at radius 2 is 2.10 bits per heavy atom. The van der Waals surface area contributed by atoms with E-state index >= 15 is 0 Å². The molecule has 0 unspecified atom stereocenters. The van der Waals surface area contributed by atoms with Crippen LogP contribution in [0, 0.1) is 6.92 Å². The van der Waals surface area contributed by atoms with Gasteiger partial charge in [0.05, 0.1) is 24.2 Å². The van der Waals surface area contributed by atoms with E-state index in [2.05, 4.69) is 20.6 Å². The lowest BCUT2D eigenvalue weighted by Gasteiger charge is -2.12. The summed E-state index contributed by atoms with van der Waals surface area (Å²) in [6.07, 6.45) is -5.03. The fraction of sp³-hybridized carbons (Fsp3) is 0.636. The molecule has 9 heteroatoms. The summed E-state index contributed by atoms with van der Waals surface area (Å²) < 4.78 is 36.1. The third kappa shape index (κ3) is 7.88. The third-order valence-electron chi connectivity index (χ3n) is 2.27. The number of rotatable bonds is 5. The van der Waals surface area contributed by atoms with Crippen LogP contribution >= 0.6 is 35.3 Å². The highest BCUT2D eigenvalue weighted by Crippen LogP contribution is 2.18. The van der Waals surface area contributed by atoms with Crippen molar-refractivity contribution in [3.63, 3.8) is 0 Å². The molecule has 20 heavy (non-hydrogen) atoms. The zero-order chi connectivity index (χ0) is 14.3. The average molecular weight is 422 g/mol. The monoisotopic (exact) mass is 422 g/mol. The Bertz CT molecular complexity index is 420. The van der Waals surface area contributed by atoms with Crippen LogP contribution in [0.5, 0.6) is 0 Å². The van der Waals surface area contributed by atoms with Crippen molar-refractivity contribution in [2.24, 2.45) is 4.99 Å². The van der Waals surface area contributed by atoms with Gasteiger partial charge in [-0.25, -0.2) is 9.98 Å². The molecule has 0 amide bonds. The first-order valence-electron chi connectivity index (χ1n) is 5.90. The van der Waals surface area contributed by atoms with E-state index in [1.807, 2.05) is 13.8 Å². The Balaban J connectivity index is 0.00000361. The van der Waals surface area contributed by atoms with Gasteiger partial charge in [0.25, 0.3) is 0 Å². The Morgan fingerprint density at radius 3 is 2.60 bits per heavy atom. The van der Waals surface area contributed by atoms with E-state index in [1.54, 1.807) is 5.51 Å². The third-order valence-corrected chi connectivity index (χ3v) is 3.19. The van der Waals surface area contributed by atoms with Crippen molar-refractivity contribution < 1.29 is 13.2 Å². The number of thiazole rings is 1. The van der Waals surface area contributed by atoms with Gasteiger partial charge in [-0.1, -0.05) is 0 Å². The van der Waals surface area contributed by atoms with E-state index in [-0.39, 0.29) is 30.5 Å². The topological polar surface area (TPSA) is 49.3 Å². The lowest BCUT2D eigenvalue weighted by molar-refractivity contribution is -0.132. The number of nitrogens with zero attached hydrogens (tertiary/aromatic N) is 2. The van der Waals surface area contributed by atoms with E-state index in [4.69, 9.17) is 0 Å². The summed E-state index contributed by atoms with van der Waals surface area (Å²) in [5, 5.41) is 5.57. The number of aliphatic imine (C=N–C) groups is 1. The van der Waals surface area contributed by atoms with E-state index in [0.29, 0.717) is 19.0 Å². The van der Waals surface area contributed by atoms with Crippen molar-refractivity contribution in [3.8, 4) is 0 Å². The second-order valence-electron chi connectivity index (χ2n) is 3.85. The Hall–Kier alpha value is -0.580. The summed E-state index contributed by atoms with van der Waals surface area (Å²) in [7, 11) is 0. The minimum absolute atomic E-state index is 0. The van der Waals surface area contributed by atoms with Crippen molar-refractivity contribution in [1.29, 1.82) is 0 Å². The largest absolute Gasteiger partial charge is 0.390 e. The van der Waals surface area contributed by atoms with Gasteiger partial charge in [0.15, 0.2) is 5.96 Å². The highest BCUT2D eigenvalue weighted by Gasteiger charge is 2.26. The predicted octanol–water partition coefficient (Wildman–Crippen LogP) is 3.08. The molecular weight excluding hydrogens is 404 g/mol. The molecule has 0 saturated carbocycles. The maximum atomic E-state index is 12.0. The van der Waals surface area contributed by atoms with Gasteiger partial charge in [0.2, 0.25) is 0 Å². The van der Waals surface area contributed by atoms with Crippen LogP contribution in [0.2, 0.25) is 0 Å². The summed E-state index contributed by atoms with van der Waals surface area (Å²) >= 11 is 1.48. The number of aryl methyl sites for hydroxylation is 1. The molecule has 0 spiro atoms. The van der Waals surface area contributed by atoms with Crippen LogP contribution in [0.3, 0.4) is 0 Å². The van der Waals surface area contributed by atoms with E-state index in [9.17, 15) is 13.2 Å². The van der Waals surface area contributed by atoms with Crippen molar-refractivity contribution in [2.45, 2.75) is 33.0 Å². The molecule has 0 aliphatic heterocycles. The van der Waals surface area contributed by atoms with Crippen LogP contribution < -0.4 is 10.6 Å². The van der Waals surface area contributed by atoms with Gasteiger partial charge in [0.1, 0.15) is 0 Å². The summed E-state index contributed by atoms with van der Waals surface area (Å²) in [5.74, 6) is 0.388. The van der Waals surface area contributed by atoms with Crippen molar-refractivity contribution in [3.05, 3.63) is 16.1 Å². The quantitative estimate of drug-likeness (QED) is 0.436. The molecule has 0 saturated heterocycles. The number of hydrogen-bond donors (Lipinski definition) is 2. The maximum Gasteiger partial charge on any atom is 0.390 e. The molecule has 1 aromatic rings. The molecule has 1 aromatic heterocycles. The summed E-state index contributed by atoms with van der Waals surface area (Å²) in [4.78, 5) is 9.34. The van der Waals surface area contributed by atoms with Gasteiger partial charge >= 0.3 is 6.18 Å². The molecule has 1 rings (SSSR count). The first kappa shape index (κ1) is 19.4. The Labute approximate surface area is 137 Å². The smallest absolute Gasteiger partial charge is 0.357 e. The second-order valence-corrected chi connectivity index (χ2v) is 4.79. The molecule has 0 aromatic carbocycles. The molecule has 2 N–H and O–H groups in total. The molecule has 0 radical (unpaired) electrons.